The first-order valence-corrected chi connectivity index (χ1v) is 6.09. The molecule has 106 valence electrons. The lowest BCUT2D eigenvalue weighted by molar-refractivity contribution is -0.165. The maximum atomic E-state index is 12.4. The summed E-state index contributed by atoms with van der Waals surface area (Å²) in [5.41, 5.74) is 0. The fraction of sp³-hybridized carbons (Fsp3) is 0.909. The predicted molar refractivity (Wildman–Crippen MR) is 62.2 cm³/mol. The van der Waals surface area contributed by atoms with E-state index in [1.54, 1.807) is 13.8 Å². The number of nitrogens with zero attached hydrogens (tertiary/aromatic N) is 2. The lowest BCUT2D eigenvalue weighted by Crippen LogP contribution is -2.51. The Balaban J connectivity index is 2.53. The van der Waals surface area contributed by atoms with E-state index in [1.165, 1.54) is 0 Å². The van der Waals surface area contributed by atoms with Gasteiger partial charge >= 0.3 is 6.18 Å². The Kier molecular flexibility index (Phi) is 5.40. The summed E-state index contributed by atoms with van der Waals surface area (Å²) < 4.78 is 37.2. The van der Waals surface area contributed by atoms with E-state index in [9.17, 15) is 18.0 Å². The van der Waals surface area contributed by atoms with E-state index >= 15 is 0 Å². The van der Waals surface area contributed by atoms with Crippen molar-refractivity contribution in [2.75, 3.05) is 39.3 Å². The van der Waals surface area contributed by atoms with Crippen LogP contribution in [0.4, 0.5) is 13.2 Å². The molecule has 0 saturated carbocycles. The van der Waals surface area contributed by atoms with Gasteiger partial charge in [-0.25, -0.2) is 0 Å². The number of nitrogens with one attached hydrogen (secondary N) is 1. The Morgan fingerprint density at radius 1 is 1.33 bits per heavy atom. The average Bonchev–Trinajstić information content (AvgIpc) is 2.25. The number of hydrogen-bond donors (Lipinski definition) is 1. The molecular weight excluding hydrogens is 247 g/mol. The van der Waals surface area contributed by atoms with Crippen LogP contribution < -0.4 is 5.32 Å². The second-order valence-electron chi connectivity index (χ2n) is 4.76. The van der Waals surface area contributed by atoms with Gasteiger partial charge in [-0.15, -0.1) is 0 Å². The average molecular weight is 267 g/mol. The van der Waals surface area contributed by atoms with E-state index in [-0.39, 0.29) is 6.54 Å². The Morgan fingerprint density at radius 2 is 1.89 bits per heavy atom. The SMILES string of the molecule is CC(C)N(CC(F)(F)F)C(=O)CN1CCNCC1. The molecule has 0 radical (unpaired) electrons. The quantitative estimate of drug-likeness (QED) is 0.814. The van der Waals surface area contributed by atoms with Crippen molar-refractivity contribution in [2.24, 2.45) is 0 Å². The maximum absolute atomic E-state index is 12.4. The molecule has 1 amide bonds. The molecule has 1 aliphatic rings. The number of carbonyl (C=O) groups is 1. The smallest absolute Gasteiger partial charge is 0.330 e. The number of alkyl halides is 3. The van der Waals surface area contributed by atoms with Gasteiger partial charge in [0.1, 0.15) is 6.54 Å². The zero-order valence-corrected chi connectivity index (χ0v) is 10.8. The van der Waals surface area contributed by atoms with Gasteiger partial charge in [-0.2, -0.15) is 13.2 Å². The highest BCUT2D eigenvalue weighted by atomic mass is 19.4. The van der Waals surface area contributed by atoms with Crippen molar-refractivity contribution in [1.82, 2.24) is 15.1 Å². The Morgan fingerprint density at radius 3 is 2.33 bits per heavy atom. The molecule has 1 saturated heterocycles. The highest BCUT2D eigenvalue weighted by Crippen LogP contribution is 2.18. The normalized spacial score (nSPS) is 18.1. The van der Waals surface area contributed by atoms with Gasteiger partial charge in [0.2, 0.25) is 5.91 Å². The summed E-state index contributed by atoms with van der Waals surface area (Å²) in [6.45, 7) is 5.03. The molecular formula is C11H20F3N3O. The largest absolute Gasteiger partial charge is 0.406 e. The van der Waals surface area contributed by atoms with E-state index in [0.29, 0.717) is 13.1 Å². The third kappa shape index (κ3) is 5.22. The van der Waals surface area contributed by atoms with Crippen LogP contribution in [0.15, 0.2) is 0 Å². The van der Waals surface area contributed by atoms with Gasteiger partial charge in [0, 0.05) is 32.2 Å². The minimum atomic E-state index is -4.34. The molecule has 1 rings (SSSR count). The minimum absolute atomic E-state index is 0.0654. The van der Waals surface area contributed by atoms with Crippen molar-refractivity contribution < 1.29 is 18.0 Å². The molecule has 0 aromatic carbocycles. The zero-order valence-electron chi connectivity index (χ0n) is 10.8. The number of hydrogen-bond acceptors (Lipinski definition) is 3. The van der Waals surface area contributed by atoms with Gasteiger partial charge in [-0.1, -0.05) is 0 Å². The second-order valence-corrected chi connectivity index (χ2v) is 4.76. The molecule has 18 heavy (non-hydrogen) atoms. The summed E-state index contributed by atoms with van der Waals surface area (Å²) >= 11 is 0. The fourth-order valence-electron chi connectivity index (χ4n) is 1.90. The van der Waals surface area contributed by atoms with Crippen LogP contribution in [0.5, 0.6) is 0 Å². The van der Waals surface area contributed by atoms with Gasteiger partial charge in [0.15, 0.2) is 0 Å². The van der Waals surface area contributed by atoms with Crippen molar-refractivity contribution in [2.45, 2.75) is 26.1 Å². The molecule has 1 heterocycles. The van der Waals surface area contributed by atoms with Crippen molar-refractivity contribution in [3.05, 3.63) is 0 Å². The van der Waals surface area contributed by atoms with Crippen molar-refractivity contribution in [3.8, 4) is 0 Å². The topological polar surface area (TPSA) is 35.6 Å². The minimum Gasteiger partial charge on any atom is -0.330 e. The molecule has 0 aromatic heterocycles. The zero-order chi connectivity index (χ0) is 13.8. The van der Waals surface area contributed by atoms with Gasteiger partial charge < -0.3 is 10.2 Å². The molecule has 4 nitrogen and oxygen atoms in total. The summed E-state index contributed by atoms with van der Waals surface area (Å²) in [5, 5.41) is 3.13. The molecule has 0 bridgehead atoms. The van der Waals surface area contributed by atoms with Crippen LogP contribution in [-0.2, 0) is 4.79 Å². The van der Waals surface area contributed by atoms with E-state index in [2.05, 4.69) is 5.32 Å². The van der Waals surface area contributed by atoms with E-state index in [0.717, 1.165) is 18.0 Å². The number of halogens is 3. The molecule has 1 fully saturated rings. The first-order valence-electron chi connectivity index (χ1n) is 6.09. The van der Waals surface area contributed by atoms with Crippen LogP contribution in [0.2, 0.25) is 0 Å². The number of piperazine rings is 1. The van der Waals surface area contributed by atoms with Gasteiger partial charge in [0.25, 0.3) is 0 Å². The van der Waals surface area contributed by atoms with E-state index in [4.69, 9.17) is 0 Å². The van der Waals surface area contributed by atoms with Crippen LogP contribution in [0.1, 0.15) is 13.8 Å². The molecule has 7 heteroatoms. The first-order chi connectivity index (χ1) is 8.29. The Bertz CT molecular complexity index is 275. The third-order valence-electron chi connectivity index (χ3n) is 2.86. The summed E-state index contributed by atoms with van der Waals surface area (Å²) in [4.78, 5) is 14.7. The van der Waals surface area contributed by atoms with Gasteiger partial charge in [-0.05, 0) is 13.8 Å². The number of rotatable bonds is 4. The van der Waals surface area contributed by atoms with Crippen LogP contribution in [-0.4, -0.2) is 67.2 Å². The van der Waals surface area contributed by atoms with E-state index in [1.807, 2.05) is 4.90 Å². The molecule has 1 N–H and O–H groups in total. The lowest BCUT2D eigenvalue weighted by Gasteiger charge is -2.32. The van der Waals surface area contributed by atoms with Crippen molar-refractivity contribution in [1.29, 1.82) is 0 Å². The number of amides is 1. The summed E-state index contributed by atoms with van der Waals surface area (Å²) in [5.74, 6) is -0.454. The Labute approximate surface area is 105 Å². The molecule has 1 aliphatic heterocycles. The van der Waals surface area contributed by atoms with Crippen LogP contribution >= 0.6 is 0 Å². The molecule has 0 unspecified atom stereocenters. The van der Waals surface area contributed by atoms with Crippen LogP contribution in [0.3, 0.4) is 0 Å². The van der Waals surface area contributed by atoms with Crippen molar-refractivity contribution >= 4 is 5.91 Å². The fourth-order valence-corrected chi connectivity index (χ4v) is 1.90. The summed E-state index contributed by atoms with van der Waals surface area (Å²) in [6, 6.07) is -0.443. The summed E-state index contributed by atoms with van der Waals surface area (Å²) in [6.07, 6.45) is -4.34. The van der Waals surface area contributed by atoms with Crippen LogP contribution in [0.25, 0.3) is 0 Å². The van der Waals surface area contributed by atoms with E-state index < -0.39 is 24.7 Å². The molecule has 0 aliphatic carbocycles. The highest BCUT2D eigenvalue weighted by molar-refractivity contribution is 5.78. The summed E-state index contributed by atoms with van der Waals surface area (Å²) in [7, 11) is 0. The lowest BCUT2D eigenvalue weighted by atomic mass is 10.2. The highest BCUT2D eigenvalue weighted by Gasteiger charge is 2.34. The predicted octanol–water partition coefficient (Wildman–Crippen LogP) is 0.691. The van der Waals surface area contributed by atoms with Crippen LogP contribution in [0, 0.1) is 0 Å². The van der Waals surface area contributed by atoms with Crippen molar-refractivity contribution in [3.63, 3.8) is 0 Å². The van der Waals surface area contributed by atoms with Gasteiger partial charge in [-0.3, -0.25) is 9.69 Å². The molecule has 0 aromatic rings. The monoisotopic (exact) mass is 267 g/mol. The molecule has 0 spiro atoms. The first kappa shape index (κ1) is 15.2. The maximum Gasteiger partial charge on any atom is 0.406 e. The number of carbonyl (C=O) groups excluding carboxylic acids is 1. The standard InChI is InChI=1S/C11H20F3N3O/c1-9(2)17(8-11(12,13)14)10(18)7-16-5-3-15-4-6-16/h9,15H,3-8H2,1-2H3. The molecule has 0 atom stereocenters. The Hall–Kier alpha value is -0.820. The van der Waals surface area contributed by atoms with Gasteiger partial charge in [0.05, 0.1) is 6.54 Å². The second kappa shape index (κ2) is 6.38. The third-order valence-corrected chi connectivity index (χ3v) is 2.86.